The van der Waals surface area contributed by atoms with E-state index in [0.29, 0.717) is 16.3 Å². The molecule has 0 aromatic heterocycles. The molecule has 0 aliphatic rings. The molecular weight excluding hydrogens is 282 g/mol. The molecule has 1 N–H and O–H groups in total. The van der Waals surface area contributed by atoms with Gasteiger partial charge >= 0.3 is 5.69 Å². The van der Waals surface area contributed by atoms with Crippen LogP contribution in [-0.4, -0.2) is 10.0 Å². The molecule has 2 aromatic carbocycles. The Kier molecular flexibility index (Phi) is 4.22. The van der Waals surface area contributed by atoms with Crippen molar-refractivity contribution >= 4 is 17.3 Å². The minimum atomic E-state index is -0.789. The smallest absolute Gasteiger partial charge is 0.311 e. The number of para-hydroxylation sites is 1. The normalized spacial score (nSPS) is 11.9. The summed E-state index contributed by atoms with van der Waals surface area (Å²) in [6, 6.07) is 11.0. The fourth-order valence-electron chi connectivity index (χ4n) is 1.67. The van der Waals surface area contributed by atoms with Crippen LogP contribution in [-0.2, 0) is 0 Å². The van der Waals surface area contributed by atoms with E-state index in [1.54, 1.807) is 30.3 Å². The first kappa shape index (κ1) is 14.3. The van der Waals surface area contributed by atoms with E-state index in [4.69, 9.17) is 16.3 Å². The molecule has 20 heavy (non-hydrogen) atoms. The van der Waals surface area contributed by atoms with Gasteiger partial charge in [0.2, 0.25) is 5.75 Å². The fraction of sp³-hybridized carbons (Fsp3) is 0.143. The Bertz CT molecular complexity index is 643. The van der Waals surface area contributed by atoms with Crippen LogP contribution < -0.4 is 4.74 Å². The molecule has 0 fully saturated rings. The van der Waals surface area contributed by atoms with E-state index in [2.05, 4.69) is 0 Å². The van der Waals surface area contributed by atoms with Gasteiger partial charge in [0.1, 0.15) is 5.75 Å². The van der Waals surface area contributed by atoms with Crippen LogP contribution in [0.25, 0.3) is 0 Å². The molecule has 0 saturated carbocycles. The van der Waals surface area contributed by atoms with Crippen molar-refractivity contribution in [3.63, 3.8) is 0 Å². The van der Waals surface area contributed by atoms with Gasteiger partial charge in [-0.25, -0.2) is 0 Å². The van der Waals surface area contributed by atoms with Gasteiger partial charge in [-0.05, 0) is 30.7 Å². The Hall–Kier alpha value is -2.11. The Morgan fingerprint density at radius 2 is 1.95 bits per heavy atom. The lowest BCUT2D eigenvalue weighted by Gasteiger charge is -2.10. The van der Waals surface area contributed by atoms with E-state index in [0.717, 1.165) is 0 Å². The molecule has 2 rings (SSSR count). The molecule has 5 nitrogen and oxygen atoms in total. The lowest BCUT2D eigenvalue weighted by Crippen LogP contribution is -1.97. The predicted octanol–water partition coefficient (Wildman–Crippen LogP) is 4.09. The summed E-state index contributed by atoms with van der Waals surface area (Å²) < 4.78 is 5.48. The molecular formula is C14H12ClNO4. The maximum Gasteiger partial charge on any atom is 0.311 e. The number of aliphatic hydroxyl groups excluding tert-OH is 1. The second kappa shape index (κ2) is 5.90. The summed E-state index contributed by atoms with van der Waals surface area (Å²) in [5.74, 6) is 0.412. The predicted molar refractivity (Wildman–Crippen MR) is 75.3 cm³/mol. The second-order valence-electron chi connectivity index (χ2n) is 4.19. The first-order chi connectivity index (χ1) is 9.49. The molecule has 0 heterocycles. The summed E-state index contributed by atoms with van der Waals surface area (Å²) in [5.41, 5.74) is 0.228. The third-order valence-electron chi connectivity index (χ3n) is 2.72. The van der Waals surface area contributed by atoms with Gasteiger partial charge in [-0.2, -0.15) is 0 Å². The molecule has 0 aliphatic carbocycles. The van der Waals surface area contributed by atoms with E-state index < -0.39 is 11.0 Å². The number of nitro groups is 1. The van der Waals surface area contributed by atoms with Crippen molar-refractivity contribution in [3.8, 4) is 11.5 Å². The highest BCUT2D eigenvalue weighted by Crippen LogP contribution is 2.36. The van der Waals surface area contributed by atoms with E-state index in [1.165, 1.54) is 19.1 Å². The first-order valence-electron chi connectivity index (χ1n) is 5.88. The summed E-state index contributed by atoms with van der Waals surface area (Å²) >= 11 is 5.95. The number of ether oxygens (including phenoxy) is 1. The van der Waals surface area contributed by atoms with Gasteiger partial charge in [0, 0.05) is 6.07 Å². The van der Waals surface area contributed by atoms with E-state index in [9.17, 15) is 15.2 Å². The Balaban J connectivity index is 2.41. The van der Waals surface area contributed by atoms with E-state index in [1.807, 2.05) is 0 Å². The SMILES string of the molecule is CC(O)c1ccc(Oc2ccccc2Cl)c([N+](=O)[O-])c1. The summed E-state index contributed by atoms with van der Waals surface area (Å²) in [4.78, 5) is 10.5. The molecule has 1 atom stereocenters. The molecule has 6 heteroatoms. The molecule has 0 aliphatic heterocycles. The summed E-state index contributed by atoms with van der Waals surface area (Å²) in [6.45, 7) is 1.54. The topological polar surface area (TPSA) is 72.6 Å². The molecule has 0 radical (unpaired) electrons. The number of hydrogen-bond donors (Lipinski definition) is 1. The minimum Gasteiger partial charge on any atom is -0.449 e. The highest BCUT2D eigenvalue weighted by Gasteiger charge is 2.18. The quantitative estimate of drug-likeness (QED) is 0.680. The van der Waals surface area contributed by atoms with Crippen LogP contribution >= 0.6 is 11.6 Å². The van der Waals surface area contributed by atoms with Gasteiger partial charge in [0.05, 0.1) is 16.0 Å². The number of rotatable bonds is 4. The van der Waals surface area contributed by atoms with Crippen molar-refractivity contribution in [2.75, 3.05) is 0 Å². The third kappa shape index (κ3) is 3.07. The molecule has 0 saturated heterocycles. The van der Waals surface area contributed by atoms with Gasteiger partial charge in [-0.1, -0.05) is 29.8 Å². The van der Waals surface area contributed by atoms with Crippen LogP contribution in [0.4, 0.5) is 5.69 Å². The summed E-state index contributed by atoms with van der Waals surface area (Å²) in [6.07, 6.45) is -0.789. The van der Waals surface area contributed by atoms with Crippen LogP contribution in [0, 0.1) is 10.1 Å². The van der Waals surface area contributed by atoms with Crippen molar-refractivity contribution in [1.29, 1.82) is 0 Å². The van der Waals surface area contributed by atoms with Crippen LogP contribution in [0.1, 0.15) is 18.6 Å². The molecule has 0 spiro atoms. The largest absolute Gasteiger partial charge is 0.449 e. The summed E-state index contributed by atoms with van der Waals surface area (Å²) in [7, 11) is 0. The molecule has 1 unspecified atom stereocenters. The fourth-order valence-corrected chi connectivity index (χ4v) is 1.84. The van der Waals surface area contributed by atoms with Crippen molar-refractivity contribution in [2.24, 2.45) is 0 Å². The van der Waals surface area contributed by atoms with Crippen LogP contribution in [0.15, 0.2) is 42.5 Å². The van der Waals surface area contributed by atoms with Gasteiger partial charge < -0.3 is 9.84 Å². The number of benzene rings is 2. The zero-order chi connectivity index (χ0) is 14.7. The number of aliphatic hydroxyl groups is 1. The van der Waals surface area contributed by atoms with E-state index >= 15 is 0 Å². The molecule has 0 bridgehead atoms. The Morgan fingerprint density at radius 3 is 2.55 bits per heavy atom. The number of halogens is 1. The van der Waals surface area contributed by atoms with Crippen LogP contribution in [0.3, 0.4) is 0 Å². The molecule has 2 aromatic rings. The maximum atomic E-state index is 11.1. The van der Waals surface area contributed by atoms with Crippen molar-refractivity contribution < 1.29 is 14.8 Å². The standard InChI is InChI=1S/C14H12ClNO4/c1-9(17)10-6-7-14(12(8-10)16(18)19)20-13-5-3-2-4-11(13)15/h2-9,17H,1H3. The second-order valence-corrected chi connectivity index (χ2v) is 4.60. The minimum absolute atomic E-state index is 0.0764. The van der Waals surface area contributed by atoms with Crippen LogP contribution in [0.2, 0.25) is 5.02 Å². The zero-order valence-corrected chi connectivity index (χ0v) is 11.4. The number of nitro benzene ring substituents is 1. The number of nitrogens with zero attached hydrogens (tertiary/aromatic N) is 1. The van der Waals surface area contributed by atoms with Gasteiger partial charge in [-0.3, -0.25) is 10.1 Å². The zero-order valence-electron chi connectivity index (χ0n) is 10.6. The third-order valence-corrected chi connectivity index (χ3v) is 3.03. The van der Waals surface area contributed by atoms with E-state index in [-0.39, 0.29) is 11.4 Å². The number of hydrogen-bond acceptors (Lipinski definition) is 4. The van der Waals surface area contributed by atoms with Crippen molar-refractivity contribution in [1.82, 2.24) is 0 Å². The maximum absolute atomic E-state index is 11.1. The Morgan fingerprint density at radius 1 is 1.25 bits per heavy atom. The summed E-state index contributed by atoms with van der Waals surface area (Å²) in [5, 5.41) is 20.9. The Labute approximate surface area is 120 Å². The highest BCUT2D eigenvalue weighted by molar-refractivity contribution is 6.32. The first-order valence-corrected chi connectivity index (χ1v) is 6.25. The van der Waals surface area contributed by atoms with Crippen LogP contribution in [0.5, 0.6) is 11.5 Å². The monoisotopic (exact) mass is 293 g/mol. The van der Waals surface area contributed by atoms with Crippen molar-refractivity contribution in [3.05, 3.63) is 63.2 Å². The highest BCUT2D eigenvalue weighted by atomic mass is 35.5. The lowest BCUT2D eigenvalue weighted by atomic mass is 10.1. The average molecular weight is 294 g/mol. The van der Waals surface area contributed by atoms with Gasteiger partial charge in [-0.15, -0.1) is 0 Å². The van der Waals surface area contributed by atoms with Gasteiger partial charge in [0.15, 0.2) is 0 Å². The molecule has 0 amide bonds. The van der Waals surface area contributed by atoms with Crippen molar-refractivity contribution in [2.45, 2.75) is 13.0 Å². The average Bonchev–Trinajstić information content (AvgIpc) is 2.41. The molecule has 104 valence electrons. The lowest BCUT2D eigenvalue weighted by molar-refractivity contribution is -0.385. The van der Waals surface area contributed by atoms with Gasteiger partial charge in [0.25, 0.3) is 0 Å².